The first-order valence-electron chi connectivity index (χ1n) is 6.97. The van der Waals surface area contributed by atoms with Gasteiger partial charge in [0.1, 0.15) is 5.69 Å². The van der Waals surface area contributed by atoms with Crippen LogP contribution in [0.25, 0.3) is 5.65 Å². The molecular formula is C16H16N4O3. The fourth-order valence-corrected chi connectivity index (χ4v) is 2.29. The molecule has 3 aromatic rings. The van der Waals surface area contributed by atoms with Gasteiger partial charge in [0.25, 0.3) is 5.91 Å². The second-order valence-electron chi connectivity index (χ2n) is 4.91. The summed E-state index contributed by atoms with van der Waals surface area (Å²) in [5.41, 5.74) is 2.42. The molecule has 1 N–H and O–H groups in total. The van der Waals surface area contributed by atoms with E-state index < -0.39 is 0 Å². The van der Waals surface area contributed by atoms with E-state index in [1.807, 2.05) is 13.0 Å². The van der Waals surface area contributed by atoms with Gasteiger partial charge >= 0.3 is 0 Å². The number of ether oxygens (including phenoxy) is 2. The Morgan fingerprint density at radius 1 is 1.13 bits per heavy atom. The second-order valence-corrected chi connectivity index (χ2v) is 4.91. The minimum Gasteiger partial charge on any atom is -0.493 e. The number of carbonyl (C=O) groups is 1. The van der Waals surface area contributed by atoms with Crippen LogP contribution in [-0.2, 0) is 0 Å². The minimum absolute atomic E-state index is 0.285. The van der Waals surface area contributed by atoms with E-state index in [9.17, 15) is 4.79 Å². The van der Waals surface area contributed by atoms with Gasteiger partial charge in [-0.3, -0.25) is 4.79 Å². The molecule has 0 atom stereocenters. The average molecular weight is 312 g/mol. The summed E-state index contributed by atoms with van der Waals surface area (Å²) in [6.07, 6.45) is 1.58. The van der Waals surface area contributed by atoms with Crippen LogP contribution in [0.15, 0.2) is 36.5 Å². The maximum absolute atomic E-state index is 12.5. The number of amides is 1. The molecule has 0 aliphatic rings. The van der Waals surface area contributed by atoms with Crippen LogP contribution in [0.3, 0.4) is 0 Å². The lowest BCUT2D eigenvalue weighted by molar-refractivity contribution is 0.102. The van der Waals surface area contributed by atoms with E-state index in [1.54, 1.807) is 44.7 Å². The number of hydrogen-bond donors (Lipinski definition) is 1. The Morgan fingerprint density at radius 2 is 1.91 bits per heavy atom. The van der Waals surface area contributed by atoms with Crippen LogP contribution in [0.4, 0.5) is 5.69 Å². The second kappa shape index (κ2) is 5.96. The fraction of sp³-hybridized carbons (Fsp3) is 0.188. The van der Waals surface area contributed by atoms with Gasteiger partial charge in [0, 0.05) is 24.0 Å². The molecule has 0 fully saturated rings. The fourth-order valence-electron chi connectivity index (χ4n) is 2.29. The molecule has 0 aliphatic heterocycles. The Morgan fingerprint density at radius 3 is 2.65 bits per heavy atom. The number of nitrogens with zero attached hydrogens (tertiary/aromatic N) is 3. The van der Waals surface area contributed by atoms with Crippen LogP contribution in [0, 0.1) is 6.92 Å². The number of aromatic nitrogens is 3. The monoisotopic (exact) mass is 312 g/mol. The number of rotatable bonds is 4. The molecule has 7 nitrogen and oxygen atoms in total. The Kier molecular flexibility index (Phi) is 3.84. The van der Waals surface area contributed by atoms with Crippen molar-refractivity contribution in [3.8, 4) is 11.5 Å². The Bertz CT molecular complexity index is 873. The quantitative estimate of drug-likeness (QED) is 0.800. The van der Waals surface area contributed by atoms with Crippen LogP contribution < -0.4 is 14.8 Å². The van der Waals surface area contributed by atoms with Crippen molar-refractivity contribution < 1.29 is 14.3 Å². The van der Waals surface area contributed by atoms with Crippen LogP contribution in [-0.4, -0.2) is 34.7 Å². The Labute approximate surface area is 132 Å². The number of anilines is 1. The molecule has 0 aliphatic carbocycles. The van der Waals surface area contributed by atoms with E-state index in [-0.39, 0.29) is 5.91 Å². The third-order valence-corrected chi connectivity index (χ3v) is 3.35. The van der Waals surface area contributed by atoms with Gasteiger partial charge in [-0.25, -0.2) is 9.50 Å². The molecule has 3 rings (SSSR count). The van der Waals surface area contributed by atoms with Gasteiger partial charge in [0.15, 0.2) is 17.1 Å². The van der Waals surface area contributed by atoms with Gasteiger partial charge in [-0.05, 0) is 25.1 Å². The first kappa shape index (κ1) is 14.8. The molecule has 2 aromatic heterocycles. The van der Waals surface area contributed by atoms with Gasteiger partial charge < -0.3 is 14.8 Å². The van der Waals surface area contributed by atoms with E-state index in [4.69, 9.17) is 9.47 Å². The van der Waals surface area contributed by atoms with E-state index in [0.717, 1.165) is 5.69 Å². The average Bonchev–Trinajstić information content (AvgIpc) is 2.94. The number of methoxy groups -OCH3 is 2. The van der Waals surface area contributed by atoms with Crippen molar-refractivity contribution in [3.63, 3.8) is 0 Å². The van der Waals surface area contributed by atoms with Gasteiger partial charge in [-0.15, -0.1) is 0 Å². The van der Waals surface area contributed by atoms with E-state index in [2.05, 4.69) is 15.4 Å². The van der Waals surface area contributed by atoms with Crippen molar-refractivity contribution >= 4 is 17.2 Å². The molecule has 0 bridgehead atoms. The van der Waals surface area contributed by atoms with E-state index >= 15 is 0 Å². The summed E-state index contributed by atoms with van der Waals surface area (Å²) in [5, 5.41) is 7.11. The lowest BCUT2D eigenvalue weighted by Gasteiger charge is -2.11. The number of carbonyl (C=O) groups excluding carboxylic acids is 1. The highest BCUT2D eigenvalue weighted by molar-refractivity contribution is 6.03. The summed E-state index contributed by atoms with van der Waals surface area (Å²) in [7, 11) is 3.10. The Hall–Kier alpha value is -3.09. The molecule has 0 unspecified atom stereocenters. The zero-order valence-electron chi connectivity index (χ0n) is 13.0. The lowest BCUT2D eigenvalue weighted by Crippen LogP contribution is -2.16. The highest BCUT2D eigenvalue weighted by atomic mass is 16.5. The maximum atomic E-state index is 12.5. The first-order chi connectivity index (χ1) is 11.1. The predicted molar refractivity (Wildman–Crippen MR) is 85.2 cm³/mol. The number of aryl methyl sites for hydroxylation is 1. The molecule has 1 aromatic carbocycles. The molecule has 2 heterocycles. The smallest absolute Gasteiger partial charge is 0.274 e. The van der Waals surface area contributed by atoms with Gasteiger partial charge in [0.2, 0.25) is 0 Å². The summed E-state index contributed by atoms with van der Waals surface area (Å²) < 4.78 is 11.9. The maximum Gasteiger partial charge on any atom is 0.274 e. The zero-order chi connectivity index (χ0) is 16.4. The topological polar surface area (TPSA) is 77.8 Å². The van der Waals surface area contributed by atoms with Crippen LogP contribution in [0.2, 0.25) is 0 Å². The normalized spacial score (nSPS) is 10.6. The van der Waals surface area contributed by atoms with Crippen molar-refractivity contribution in [1.29, 1.82) is 0 Å². The molecule has 0 saturated heterocycles. The number of fused-ring (bicyclic) bond motifs is 1. The largest absolute Gasteiger partial charge is 0.493 e. The van der Waals surface area contributed by atoms with E-state index in [1.165, 1.54) is 4.52 Å². The standard InChI is InChI=1S/C16H16N4O3/c1-10-8-15-17-7-6-12(20(15)19-10)16(21)18-11-4-5-13(22-2)14(9-11)23-3/h4-9H,1-3H3,(H,18,21). The molecule has 0 spiro atoms. The lowest BCUT2D eigenvalue weighted by atomic mass is 10.2. The summed E-state index contributed by atoms with van der Waals surface area (Å²) in [6, 6.07) is 8.60. The van der Waals surface area contributed by atoms with Crippen molar-refractivity contribution in [3.05, 3.63) is 47.9 Å². The van der Waals surface area contributed by atoms with Crippen molar-refractivity contribution in [1.82, 2.24) is 14.6 Å². The summed E-state index contributed by atoms with van der Waals surface area (Å²) >= 11 is 0. The summed E-state index contributed by atoms with van der Waals surface area (Å²) in [6.45, 7) is 1.85. The highest BCUT2D eigenvalue weighted by Gasteiger charge is 2.13. The molecule has 0 radical (unpaired) electrons. The molecule has 23 heavy (non-hydrogen) atoms. The number of hydrogen-bond acceptors (Lipinski definition) is 5. The van der Waals surface area contributed by atoms with Gasteiger partial charge in [-0.1, -0.05) is 0 Å². The molecular weight excluding hydrogens is 296 g/mol. The molecule has 1 amide bonds. The van der Waals surface area contributed by atoms with Gasteiger partial charge in [0.05, 0.1) is 19.9 Å². The predicted octanol–water partition coefficient (Wildman–Crippen LogP) is 2.31. The minimum atomic E-state index is -0.285. The van der Waals surface area contributed by atoms with Crippen LogP contribution in [0.5, 0.6) is 11.5 Å². The third-order valence-electron chi connectivity index (χ3n) is 3.35. The molecule has 118 valence electrons. The van der Waals surface area contributed by atoms with Crippen LogP contribution in [0.1, 0.15) is 16.2 Å². The zero-order valence-corrected chi connectivity index (χ0v) is 13.0. The molecule has 7 heteroatoms. The SMILES string of the molecule is COc1ccc(NC(=O)c2ccnc3cc(C)nn23)cc1OC. The number of nitrogens with one attached hydrogen (secondary N) is 1. The highest BCUT2D eigenvalue weighted by Crippen LogP contribution is 2.29. The number of benzene rings is 1. The Balaban J connectivity index is 1.92. The summed E-state index contributed by atoms with van der Waals surface area (Å²) in [4.78, 5) is 16.7. The van der Waals surface area contributed by atoms with E-state index in [0.29, 0.717) is 28.5 Å². The first-order valence-corrected chi connectivity index (χ1v) is 6.97. The summed E-state index contributed by atoms with van der Waals surface area (Å²) in [5.74, 6) is 0.854. The third kappa shape index (κ3) is 2.80. The van der Waals surface area contributed by atoms with Crippen LogP contribution >= 0.6 is 0 Å². The van der Waals surface area contributed by atoms with Crippen molar-refractivity contribution in [2.45, 2.75) is 6.92 Å². The molecule has 0 saturated carbocycles. The van der Waals surface area contributed by atoms with Crippen molar-refractivity contribution in [2.75, 3.05) is 19.5 Å². The van der Waals surface area contributed by atoms with Crippen molar-refractivity contribution in [2.24, 2.45) is 0 Å². The van der Waals surface area contributed by atoms with Gasteiger partial charge in [-0.2, -0.15) is 5.10 Å².